The molecule has 66 valence electrons. The molecule has 1 aromatic heterocycles. The first-order valence-corrected chi connectivity index (χ1v) is 3.64. The van der Waals surface area contributed by atoms with Crippen molar-refractivity contribution in [1.82, 2.24) is 0 Å². The Kier molecular flexibility index (Phi) is 2.50. The Morgan fingerprint density at radius 2 is 2.25 bits per heavy atom. The number of hydrogen-bond donors (Lipinski definition) is 2. The fraction of sp³-hybridized carbons (Fsp3) is 0.375. The summed E-state index contributed by atoms with van der Waals surface area (Å²) in [7, 11) is 0. The predicted octanol–water partition coefficient (Wildman–Crippen LogP) is 0.400. The van der Waals surface area contributed by atoms with Gasteiger partial charge in [-0.3, -0.25) is 4.79 Å². The second-order valence-electron chi connectivity index (χ2n) is 2.36. The molecule has 0 atom stereocenters. The number of aliphatic hydroxyl groups excluding tert-OH is 1. The van der Waals surface area contributed by atoms with Crippen LogP contribution in [-0.4, -0.2) is 10.2 Å². The SMILES string of the molecule is CCc1cc(=O)c(O)c(CO)o1. The van der Waals surface area contributed by atoms with Crippen LogP contribution >= 0.6 is 0 Å². The van der Waals surface area contributed by atoms with E-state index in [0.29, 0.717) is 12.2 Å². The largest absolute Gasteiger partial charge is 0.502 e. The zero-order chi connectivity index (χ0) is 9.14. The Bertz CT molecular complexity index is 326. The summed E-state index contributed by atoms with van der Waals surface area (Å²) in [6.07, 6.45) is 0.558. The Morgan fingerprint density at radius 1 is 1.58 bits per heavy atom. The fourth-order valence-corrected chi connectivity index (χ4v) is 0.869. The zero-order valence-electron chi connectivity index (χ0n) is 6.70. The Hall–Kier alpha value is -1.29. The summed E-state index contributed by atoms with van der Waals surface area (Å²) >= 11 is 0. The molecule has 2 N–H and O–H groups in total. The molecule has 0 aliphatic carbocycles. The molecule has 4 heteroatoms. The maximum absolute atomic E-state index is 11.0. The maximum Gasteiger partial charge on any atom is 0.227 e. The van der Waals surface area contributed by atoms with Gasteiger partial charge in [0.05, 0.1) is 0 Å². The van der Waals surface area contributed by atoms with Crippen molar-refractivity contribution in [2.24, 2.45) is 0 Å². The number of aryl methyl sites for hydroxylation is 1. The van der Waals surface area contributed by atoms with Gasteiger partial charge in [0.1, 0.15) is 12.4 Å². The molecular formula is C8H10O4. The molecule has 0 unspecified atom stereocenters. The molecule has 12 heavy (non-hydrogen) atoms. The lowest BCUT2D eigenvalue weighted by Gasteiger charge is -2.01. The van der Waals surface area contributed by atoms with E-state index in [0.717, 1.165) is 0 Å². The van der Waals surface area contributed by atoms with E-state index in [9.17, 15) is 4.79 Å². The molecule has 1 heterocycles. The lowest BCUT2D eigenvalue weighted by atomic mass is 10.3. The van der Waals surface area contributed by atoms with Crippen molar-refractivity contribution in [2.75, 3.05) is 0 Å². The molecular weight excluding hydrogens is 160 g/mol. The average Bonchev–Trinajstić information content (AvgIpc) is 2.09. The summed E-state index contributed by atoms with van der Waals surface area (Å²) in [4.78, 5) is 11.0. The molecule has 0 saturated carbocycles. The molecule has 0 aliphatic rings. The van der Waals surface area contributed by atoms with E-state index < -0.39 is 17.8 Å². The summed E-state index contributed by atoms with van der Waals surface area (Å²) in [6, 6.07) is 1.22. The normalized spacial score (nSPS) is 10.2. The molecule has 0 fully saturated rings. The van der Waals surface area contributed by atoms with E-state index in [-0.39, 0.29) is 5.76 Å². The van der Waals surface area contributed by atoms with Gasteiger partial charge in [-0.25, -0.2) is 0 Å². The van der Waals surface area contributed by atoms with Crippen LogP contribution in [0.2, 0.25) is 0 Å². The zero-order valence-corrected chi connectivity index (χ0v) is 6.70. The van der Waals surface area contributed by atoms with Gasteiger partial charge in [0.15, 0.2) is 5.76 Å². The summed E-state index contributed by atoms with van der Waals surface area (Å²) < 4.78 is 4.99. The number of aliphatic hydroxyl groups is 1. The van der Waals surface area contributed by atoms with Crippen LogP contribution in [-0.2, 0) is 13.0 Å². The van der Waals surface area contributed by atoms with Gasteiger partial charge in [-0.2, -0.15) is 0 Å². The van der Waals surface area contributed by atoms with Gasteiger partial charge in [-0.1, -0.05) is 6.92 Å². The van der Waals surface area contributed by atoms with Crippen molar-refractivity contribution < 1.29 is 14.6 Å². The summed E-state index contributed by atoms with van der Waals surface area (Å²) in [5, 5.41) is 17.7. The van der Waals surface area contributed by atoms with E-state index >= 15 is 0 Å². The van der Waals surface area contributed by atoms with Crippen LogP contribution in [0.1, 0.15) is 18.4 Å². The number of hydrogen-bond acceptors (Lipinski definition) is 4. The van der Waals surface area contributed by atoms with E-state index in [4.69, 9.17) is 14.6 Å². The lowest BCUT2D eigenvalue weighted by Crippen LogP contribution is -2.04. The first-order chi connectivity index (χ1) is 5.69. The first-order valence-electron chi connectivity index (χ1n) is 3.64. The van der Waals surface area contributed by atoms with Crippen LogP contribution in [0.4, 0.5) is 0 Å². The van der Waals surface area contributed by atoms with Crippen LogP contribution in [0.25, 0.3) is 0 Å². The topological polar surface area (TPSA) is 70.7 Å². The van der Waals surface area contributed by atoms with Crippen LogP contribution in [0.3, 0.4) is 0 Å². The molecule has 1 aromatic rings. The van der Waals surface area contributed by atoms with Crippen LogP contribution in [0, 0.1) is 0 Å². The lowest BCUT2D eigenvalue weighted by molar-refractivity contribution is 0.228. The minimum absolute atomic E-state index is 0.0700. The van der Waals surface area contributed by atoms with E-state index in [1.54, 1.807) is 0 Å². The third kappa shape index (κ3) is 1.48. The Balaban J connectivity index is 3.29. The van der Waals surface area contributed by atoms with Crippen LogP contribution in [0.5, 0.6) is 5.75 Å². The molecule has 0 spiro atoms. The summed E-state index contributed by atoms with van der Waals surface area (Å²) in [5.41, 5.74) is -0.512. The highest BCUT2D eigenvalue weighted by Gasteiger charge is 2.08. The second-order valence-corrected chi connectivity index (χ2v) is 2.36. The average molecular weight is 170 g/mol. The highest BCUT2D eigenvalue weighted by atomic mass is 16.4. The smallest absolute Gasteiger partial charge is 0.227 e. The summed E-state index contributed by atoms with van der Waals surface area (Å²) in [5.74, 6) is -0.115. The number of aromatic hydroxyl groups is 1. The molecule has 0 radical (unpaired) electrons. The van der Waals surface area contributed by atoms with E-state index in [2.05, 4.69) is 0 Å². The molecule has 1 rings (SSSR count). The van der Waals surface area contributed by atoms with E-state index in [1.165, 1.54) is 6.07 Å². The van der Waals surface area contributed by atoms with Gasteiger partial charge < -0.3 is 14.6 Å². The third-order valence-corrected chi connectivity index (χ3v) is 1.54. The molecule has 0 saturated heterocycles. The van der Waals surface area contributed by atoms with Crippen LogP contribution < -0.4 is 5.43 Å². The number of rotatable bonds is 2. The predicted molar refractivity (Wildman–Crippen MR) is 41.9 cm³/mol. The van der Waals surface area contributed by atoms with Gasteiger partial charge >= 0.3 is 0 Å². The van der Waals surface area contributed by atoms with Crippen molar-refractivity contribution >= 4 is 0 Å². The van der Waals surface area contributed by atoms with Gasteiger partial charge in [-0.15, -0.1) is 0 Å². The summed E-state index contributed by atoms with van der Waals surface area (Å²) in [6.45, 7) is 1.35. The quantitative estimate of drug-likeness (QED) is 0.674. The van der Waals surface area contributed by atoms with Crippen LogP contribution in [0.15, 0.2) is 15.3 Å². The maximum atomic E-state index is 11.0. The third-order valence-electron chi connectivity index (χ3n) is 1.54. The minimum atomic E-state index is -0.512. The van der Waals surface area contributed by atoms with Crippen molar-refractivity contribution in [1.29, 1.82) is 0 Å². The fourth-order valence-electron chi connectivity index (χ4n) is 0.869. The van der Waals surface area contributed by atoms with Crippen molar-refractivity contribution in [3.05, 3.63) is 27.8 Å². The first kappa shape index (κ1) is 8.80. The molecule has 0 amide bonds. The Morgan fingerprint density at radius 3 is 2.75 bits per heavy atom. The van der Waals surface area contributed by atoms with Gasteiger partial charge in [-0.05, 0) is 0 Å². The van der Waals surface area contributed by atoms with Crippen molar-refractivity contribution in [3.8, 4) is 5.75 Å². The molecule has 4 nitrogen and oxygen atoms in total. The monoisotopic (exact) mass is 170 g/mol. The Labute approximate surface area is 69.1 Å². The van der Waals surface area contributed by atoms with Crippen molar-refractivity contribution in [2.45, 2.75) is 20.0 Å². The highest BCUT2D eigenvalue weighted by Crippen LogP contribution is 2.13. The minimum Gasteiger partial charge on any atom is -0.502 e. The standard InChI is InChI=1S/C8H10O4/c1-2-5-3-6(10)8(11)7(4-9)12-5/h3,9,11H,2,4H2,1H3. The van der Waals surface area contributed by atoms with Gasteiger partial charge in [0.25, 0.3) is 0 Å². The highest BCUT2D eigenvalue weighted by molar-refractivity contribution is 5.24. The van der Waals surface area contributed by atoms with E-state index in [1.807, 2.05) is 6.92 Å². The molecule has 0 bridgehead atoms. The van der Waals surface area contributed by atoms with Gasteiger partial charge in [0, 0.05) is 12.5 Å². The second kappa shape index (κ2) is 3.40. The van der Waals surface area contributed by atoms with Crippen molar-refractivity contribution in [3.63, 3.8) is 0 Å². The van der Waals surface area contributed by atoms with Gasteiger partial charge in [0.2, 0.25) is 11.2 Å². The molecule has 0 aliphatic heterocycles. The molecule has 0 aromatic carbocycles.